The van der Waals surface area contributed by atoms with Gasteiger partial charge in [-0.05, 0) is 12.5 Å². The van der Waals surface area contributed by atoms with E-state index in [0.29, 0.717) is 6.54 Å². The van der Waals surface area contributed by atoms with Crippen molar-refractivity contribution < 1.29 is 4.74 Å². The van der Waals surface area contributed by atoms with E-state index < -0.39 is 0 Å². The van der Waals surface area contributed by atoms with Crippen molar-refractivity contribution in [2.75, 3.05) is 13.2 Å². The summed E-state index contributed by atoms with van der Waals surface area (Å²) in [6, 6.07) is 7.74. The van der Waals surface area contributed by atoms with Gasteiger partial charge in [-0.15, -0.1) is 0 Å². The summed E-state index contributed by atoms with van der Waals surface area (Å²) in [6.45, 7) is 3.40. The second-order valence-corrected chi connectivity index (χ2v) is 4.29. The van der Waals surface area contributed by atoms with Crippen LogP contribution in [0.5, 0.6) is 5.75 Å². The highest BCUT2D eigenvalue weighted by Gasteiger charge is 2.09. The molecular formula is C14H24N2O. The molecule has 0 aliphatic rings. The molecule has 0 saturated heterocycles. The van der Waals surface area contributed by atoms with Crippen molar-refractivity contribution in [3.63, 3.8) is 0 Å². The van der Waals surface area contributed by atoms with Crippen molar-refractivity contribution >= 4 is 0 Å². The van der Waals surface area contributed by atoms with Gasteiger partial charge in [-0.25, -0.2) is 0 Å². The molecule has 0 saturated carbocycles. The van der Waals surface area contributed by atoms with Gasteiger partial charge < -0.3 is 16.2 Å². The number of benzene rings is 1. The van der Waals surface area contributed by atoms with E-state index in [-0.39, 0.29) is 6.04 Å². The molecule has 3 nitrogen and oxygen atoms in total. The van der Waals surface area contributed by atoms with Crippen LogP contribution in [0.2, 0.25) is 0 Å². The SMILES string of the molecule is CCCCCCOc1ccccc1C(N)CN. The number of para-hydroxylation sites is 1. The molecule has 17 heavy (non-hydrogen) atoms. The summed E-state index contributed by atoms with van der Waals surface area (Å²) in [5.74, 6) is 0.877. The Morgan fingerprint density at radius 1 is 1.18 bits per heavy atom. The summed E-state index contributed by atoms with van der Waals surface area (Å²) in [6.07, 6.45) is 4.84. The van der Waals surface area contributed by atoms with Crippen molar-refractivity contribution in [2.24, 2.45) is 11.5 Å². The third-order valence-electron chi connectivity index (χ3n) is 2.83. The van der Waals surface area contributed by atoms with E-state index >= 15 is 0 Å². The largest absolute Gasteiger partial charge is 0.493 e. The lowest BCUT2D eigenvalue weighted by molar-refractivity contribution is 0.300. The smallest absolute Gasteiger partial charge is 0.124 e. The molecule has 0 spiro atoms. The van der Waals surface area contributed by atoms with Crippen LogP contribution in [0.25, 0.3) is 0 Å². The maximum Gasteiger partial charge on any atom is 0.124 e. The van der Waals surface area contributed by atoms with Crippen molar-refractivity contribution in [3.8, 4) is 5.75 Å². The van der Waals surface area contributed by atoms with Gasteiger partial charge in [0.05, 0.1) is 6.61 Å². The Balaban J connectivity index is 2.46. The molecular weight excluding hydrogens is 212 g/mol. The van der Waals surface area contributed by atoms with Gasteiger partial charge in [0.1, 0.15) is 5.75 Å². The normalized spacial score (nSPS) is 12.4. The average molecular weight is 236 g/mol. The van der Waals surface area contributed by atoms with Gasteiger partial charge in [0, 0.05) is 18.2 Å². The van der Waals surface area contributed by atoms with Gasteiger partial charge in [0.2, 0.25) is 0 Å². The zero-order valence-corrected chi connectivity index (χ0v) is 10.7. The van der Waals surface area contributed by atoms with Gasteiger partial charge in [-0.3, -0.25) is 0 Å². The average Bonchev–Trinajstić information content (AvgIpc) is 2.38. The first kappa shape index (κ1) is 14.0. The number of hydrogen-bond acceptors (Lipinski definition) is 3. The second-order valence-electron chi connectivity index (χ2n) is 4.29. The molecule has 0 fully saturated rings. The lowest BCUT2D eigenvalue weighted by Crippen LogP contribution is -2.21. The fourth-order valence-corrected chi connectivity index (χ4v) is 1.76. The molecule has 1 aromatic carbocycles. The quantitative estimate of drug-likeness (QED) is 0.682. The summed E-state index contributed by atoms with van der Waals surface area (Å²) >= 11 is 0. The number of hydrogen-bond donors (Lipinski definition) is 2. The van der Waals surface area contributed by atoms with Gasteiger partial charge >= 0.3 is 0 Å². The first-order valence-electron chi connectivity index (χ1n) is 6.47. The highest BCUT2D eigenvalue weighted by molar-refractivity contribution is 5.35. The predicted octanol–water partition coefficient (Wildman–Crippen LogP) is 2.60. The third-order valence-corrected chi connectivity index (χ3v) is 2.83. The van der Waals surface area contributed by atoms with Crippen LogP contribution in [-0.2, 0) is 0 Å². The Bertz CT molecular complexity index is 315. The van der Waals surface area contributed by atoms with E-state index in [0.717, 1.165) is 24.3 Å². The Kier molecular flexibility index (Phi) is 6.67. The Hall–Kier alpha value is -1.06. The standard InChI is InChI=1S/C14H24N2O/c1-2-3-4-7-10-17-14-9-6-5-8-12(14)13(16)11-15/h5-6,8-9,13H,2-4,7,10-11,15-16H2,1H3. The fourth-order valence-electron chi connectivity index (χ4n) is 1.76. The highest BCUT2D eigenvalue weighted by atomic mass is 16.5. The van der Waals surface area contributed by atoms with Crippen LogP contribution in [0.4, 0.5) is 0 Å². The minimum absolute atomic E-state index is 0.137. The molecule has 3 heteroatoms. The van der Waals surface area contributed by atoms with Crippen LogP contribution in [0.15, 0.2) is 24.3 Å². The molecule has 0 aromatic heterocycles. The monoisotopic (exact) mass is 236 g/mol. The molecule has 4 N–H and O–H groups in total. The highest BCUT2D eigenvalue weighted by Crippen LogP contribution is 2.23. The summed E-state index contributed by atoms with van der Waals surface area (Å²) < 4.78 is 5.77. The molecule has 0 aliphatic heterocycles. The van der Waals surface area contributed by atoms with Gasteiger partial charge in [0.25, 0.3) is 0 Å². The number of unbranched alkanes of at least 4 members (excludes halogenated alkanes) is 3. The molecule has 1 rings (SSSR count). The first-order valence-corrected chi connectivity index (χ1v) is 6.47. The minimum Gasteiger partial charge on any atom is -0.493 e. The topological polar surface area (TPSA) is 61.3 Å². The summed E-state index contributed by atoms with van der Waals surface area (Å²) in [7, 11) is 0. The van der Waals surface area contributed by atoms with E-state index in [2.05, 4.69) is 6.92 Å². The molecule has 0 heterocycles. The lowest BCUT2D eigenvalue weighted by Gasteiger charge is -2.15. The van der Waals surface area contributed by atoms with Gasteiger partial charge in [-0.1, -0.05) is 44.4 Å². The summed E-state index contributed by atoms with van der Waals surface area (Å²) in [5.41, 5.74) is 12.5. The first-order chi connectivity index (χ1) is 8.29. The van der Waals surface area contributed by atoms with E-state index in [1.807, 2.05) is 24.3 Å². The second kappa shape index (κ2) is 8.09. The van der Waals surface area contributed by atoms with Gasteiger partial charge in [0.15, 0.2) is 0 Å². The van der Waals surface area contributed by atoms with E-state index in [9.17, 15) is 0 Å². The third kappa shape index (κ3) is 4.75. The molecule has 0 bridgehead atoms. The van der Waals surface area contributed by atoms with Crippen LogP contribution < -0.4 is 16.2 Å². The van der Waals surface area contributed by atoms with E-state index in [4.69, 9.17) is 16.2 Å². The van der Waals surface area contributed by atoms with Crippen LogP contribution in [0.3, 0.4) is 0 Å². The minimum atomic E-state index is -0.137. The summed E-state index contributed by atoms with van der Waals surface area (Å²) in [5, 5.41) is 0. The van der Waals surface area contributed by atoms with Gasteiger partial charge in [-0.2, -0.15) is 0 Å². The molecule has 1 atom stereocenters. The lowest BCUT2D eigenvalue weighted by atomic mass is 10.1. The van der Waals surface area contributed by atoms with Crippen LogP contribution >= 0.6 is 0 Å². The fraction of sp³-hybridized carbons (Fsp3) is 0.571. The maximum absolute atomic E-state index is 5.94. The van der Waals surface area contributed by atoms with Crippen molar-refractivity contribution in [1.82, 2.24) is 0 Å². The maximum atomic E-state index is 5.94. The van der Waals surface area contributed by atoms with Crippen molar-refractivity contribution in [1.29, 1.82) is 0 Å². The number of ether oxygens (including phenoxy) is 1. The number of nitrogens with two attached hydrogens (primary N) is 2. The van der Waals surface area contributed by atoms with Crippen molar-refractivity contribution in [2.45, 2.75) is 38.6 Å². The molecule has 0 aliphatic carbocycles. The summed E-state index contributed by atoms with van der Waals surface area (Å²) in [4.78, 5) is 0. The molecule has 96 valence electrons. The zero-order chi connectivity index (χ0) is 12.5. The molecule has 1 aromatic rings. The van der Waals surface area contributed by atoms with Crippen LogP contribution in [-0.4, -0.2) is 13.2 Å². The Morgan fingerprint density at radius 3 is 2.65 bits per heavy atom. The molecule has 0 radical (unpaired) electrons. The van der Waals surface area contributed by atoms with Crippen LogP contribution in [0.1, 0.15) is 44.2 Å². The molecule has 0 amide bonds. The molecule has 1 unspecified atom stereocenters. The number of rotatable bonds is 8. The van der Waals surface area contributed by atoms with E-state index in [1.54, 1.807) is 0 Å². The Labute approximate surface area is 104 Å². The predicted molar refractivity (Wildman–Crippen MR) is 72.1 cm³/mol. The zero-order valence-electron chi connectivity index (χ0n) is 10.7. The van der Waals surface area contributed by atoms with Crippen molar-refractivity contribution in [3.05, 3.63) is 29.8 Å². The van der Waals surface area contributed by atoms with Crippen LogP contribution in [0, 0.1) is 0 Å². The van der Waals surface area contributed by atoms with E-state index in [1.165, 1.54) is 19.3 Å². The Morgan fingerprint density at radius 2 is 1.94 bits per heavy atom.